The molecule has 0 bridgehead atoms. The van der Waals surface area contributed by atoms with Crippen LogP contribution in [0.25, 0.3) is 0 Å². The second kappa shape index (κ2) is 10.8. The van der Waals surface area contributed by atoms with E-state index < -0.39 is 6.04 Å². The van der Waals surface area contributed by atoms with Crippen LogP contribution in [0.2, 0.25) is 0 Å². The second-order valence-electron chi connectivity index (χ2n) is 9.54. The lowest BCUT2D eigenvalue weighted by Gasteiger charge is -2.28. The fourth-order valence-electron chi connectivity index (χ4n) is 4.57. The molecule has 2 heterocycles. The molecule has 5 rings (SSSR count). The highest BCUT2D eigenvalue weighted by Gasteiger charge is 2.34. The molecule has 0 spiro atoms. The van der Waals surface area contributed by atoms with E-state index in [0.717, 1.165) is 28.3 Å². The largest absolute Gasteiger partial charge is 0.497 e. The van der Waals surface area contributed by atoms with E-state index in [1.165, 1.54) is 16.7 Å². The van der Waals surface area contributed by atoms with Crippen LogP contribution in [-0.2, 0) is 10.5 Å². The monoisotopic (exact) mass is 525 g/mol. The Balaban J connectivity index is 1.46. The van der Waals surface area contributed by atoms with E-state index in [9.17, 15) is 4.79 Å². The second-order valence-corrected chi connectivity index (χ2v) is 10.5. The van der Waals surface area contributed by atoms with Crippen molar-refractivity contribution in [2.75, 3.05) is 17.7 Å². The molecule has 0 saturated carbocycles. The van der Waals surface area contributed by atoms with Gasteiger partial charge in [0.05, 0.1) is 12.7 Å². The number of carbonyl (C=O) groups excluding carboxylic acids is 1. The van der Waals surface area contributed by atoms with E-state index in [4.69, 9.17) is 14.8 Å². The maximum absolute atomic E-state index is 13.7. The number of thioether (sulfide) groups is 1. The number of aryl methyl sites for hydroxylation is 3. The number of hydrogen-bond donors (Lipinski definition) is 2. The quantitative estimate of drug-likeness (QED) is 0.271. The first-order chi connectivity index (χ1) is 18.3. The molecular weight excluding hydrogens is 494 g/mol. The van der Waals surface area contributed by atoms with Crippen LogP contribution in [0.4, 0.5) is 11.6 Å². The molecule has 38 heavy (non-hydrogen) atoms. The normalized spacial score (nSPS) is 14.6. The Morgan fingerprint density at radius 2 is 1.71 bits per heavy atom. The summed E-state index contributed by atoms with van der Waals surface area (Å²) in [6.07, 6.45) is 0. The summed E-state index contributed by atoms with van der Waals surface area (Å²) >= 11 is 1.59. The summed E-state index contributed by atoms with van der Waals surface area (Å²) < 4.78 is 7.06. The Bertz CT molecular complexity index is 1510. The van der Waals surface area contributed by atoms with Crippen LogP contribution < -0.4 is 15.4 Å². The van der Waals surface area contributed by atoms with E-state index >= 15 is 0 Å². The number of carbonyl (C=O) groups is 1. The Morgan fingerprint density at radius 3 is 2.39 bits per heavy atom. The molecular formula is C30H31N5O2S. The minimum Gasteiger partial charge on any atom is -0.497 e. The highest BCUT2D eigenvalue weighted by atomic mass is 32.2. The lowest BCUT2D eigenvalue weighted by atomic mass is 9.94. The average Bonchev–Trinajstić information content (AvgIpc) is 3.30. The van der Waals surface area contributed by atoms with Gasteiger partial charge in [0.2, 0.25) is 11.1 Å². The van der Waals surface area contributed by atoms with Gasteiger partial charge in [-0.2, -0.15) is 4.98 Å². The number of methoxy groups -OCH3 is 1. The Hall–Kier alpha value is -4.04. The number of hydrogen-bond acceptors (Lipinski definition) is 6. The lowest BCUT2D eigenvalue weighted by Crippen LogP contribution is -2.31. The highest BCUT2D eigenvalue weighted by Crippen LogP contribution is 2.37. The molecule has 0 saturated heterocycles. The van der Waals surface area contributed by atoms with E-state index in [2.05, 4.69) is 54.8 Å². The maximum Gasteiger partial charge on any atom is 0.255 e. The summed E-state index contributed by atoms with van der Waals surface area (Å²) in [6.45, 7) is 8.19. The third kappa shape index (κ3) is 5.31. The molecule has 3 aromatic carbocycles. The van der Waals surface area contributed by atoms with Gasteiger partial charge in [-0.25, -0.2) is 4.68 Å². The fourth-order valence-corrected chi connectivity index (χ4v) is 5.47. The molecule has 7 nitrogen and oxygen atoms in total. The van der Waals surface area contributed by atoms with Crippen molar-refractivity contribution < 1.29 is 9.53 Å². The van der Waals surface area contributed by atoms with Crippen molar-refractivity contribution in [1.82, 2.24) is 14.8 Å². The molecule has 0 fully saturated rings. The maximum atomic E-state index is 13.7. The average molecular weight is 526 g/mol. The topological polar surface area (TPSA) is 81.1 Å². The molecule has 1 amide bonds. The summed E-state index contributed by atoms with van der Waals surface area (Å²) in [4.78, 5) is 18.4. The van der Waals surface area contributed by atoms with Crippen LogP contribution in [0, 0.1) is 20.8 Å². The number of nitrogens with one attached hydrogen (secondary N) is 2. The van der Waals surface area contributed by atoms with E-state index in [1.54, 1.807) is 18.9 Å². The summed E-state index contributed by atoms with van der Waals surface area (Å²) in [5.74, 6) is 1.92. The third-order valence-electron chi connectivity index (χ3n) is 6.67. The molecule has 1 atom stereocenters. The van der Waals surface area contributed by atoms with Gasteiger partial charge < -0.3 is 15.4 Å². The first-order valence-electron chi connectivity index (χ1n) is 12.5. The number of rotatable bonds is 7. The van der Waals surface area contributed by atoms with Crippen molar-refractivity contribution in [2.24, 2.45) is 0 Å². The van der Waals surface area contributed by atoms with Crippen LogP contribution in [-0.4, -0.2) is 27.8 Å². The van der Waals surface area contributed by atoms with E-state index in [1.807, 2.05) is 54.9 Å². The van der Waals surface area contributed by atoms with Crippen LogP contribution in [0.15, 0.2) is 83.2 Å². The molecule has 8 heteroatoms. The number of ether oxygens (including phenoxy) is 1. The molecule has 1 aromatic heterocycles. The highest BCUT2D eigenvalue weighted by molar-refractivity contribution is 7.98. The molecule has 0 radical (unpaired) electrons. The smallest absolute Gasteiger partial charge is 0.255 e. The van der Waals surface area contributed by atoms with Crippen LogP contribution >= 0.6 is 11.8 Å². The predicted octanol–water partition coefficient (Wildman–Crippen LogP) is 6.43. The standard InChI is InChI=1S/C30H31N5O2S/c1-18-6-9-22(10-7-18)27-26(28(36)32-24-12-14-25(37-5)15-13-24)21(4)31-29-33-30(34-35(27)29)38-17-23-11-8-19(2)16-20(23)3/h6-16,27H,17H2,1-5H3,(H,32,36)(H,31,33,34)/t27-/m1/s1. The molecule has 4 aromatic rings. The lowest BCUT2D eigenvalue weighted by molar-refractivity contribution is -0.113. The molecule has 2 N–H and O–H groups in total. The zero-order valence-corrected chi connectivity index (χ0v) is 23.0. The first-order valence-corrected chi connectivity index (χ1v) is 13.5. The minimum absolute atomic E-state index is 0.198. The van der Waals surface area contributed by atoms with Gasteiger partial charge in [0.25, 0.3) is 5.91 Å². The number of benzene rings is 3. The predicted molar refractivity (Wildman–Crippen MR) is 153 cm³/mol. The molecule has 0 unspecified atom stereocenters. The van der Waals surface area contributed by atoms with Gasteiger partial charge in [-0.05, 0) is 68.7 Å². The zero-order chi connectivity index (χ0) is 26.8. The van der Waals surface area contributed by atoms with E-state index in [0.29, 0.717) is 22.4 Å². The zero-order valence-electron chi connectivity index (χ0n) is 22.2. The minimum atomic E-state index is -0.423. The van der Waals surface area contributed by atoms with Gasteiger partial charge >= 0.3 is 0 Å². The third-order valence-corrected chi connectivity index (χ3v) is 7.56. The number of aromatic nitrogens is 3. The van der Waals surface area contributed by atoms with Crippen molar-refractivity contribution >= 4 is 29.3 Å². The van der Waals surface area contributed by atoms with Crippen molar-refractivity contribution in [3.8, 4) is 5.75 Å². The van der Waals surface area contributed by atoms with Crippen molar-refractivity contribution in [3.05, 3.63) is 106 Å². The van der Waals surface area contributed by atoms with Crippen LogP contribution in [0.5, 0.6) is 5.75 Å². The number of amides is 1. The van der Waals surface area contributed by atoms with Crippen molar-refractivity contribution in [1.29, 1.82) is 0 Å². The van der Waals surface area contributed by atoms with Gasteiger partial charge in [0, 0.05) is 17.1 Å². The molecule has 194 valence electrons. The molecule has 0 aliphatic carbocycles. The van der Waals surface area contributed by atoms with Crippen LogP contribution in [0.1, 0.15) is 40.8 Å². The Morgan fingerprint density at radius 1 is 1.00 bits per heavy atom. The van der Waals surface area contributed by atoms with Crippen molar-refractivity contribution in [2.45, 2.75) is 44.6 Å². The van der Waals surface area contributed by atoms with Crippen LogP contribution in [0.3, 0.4) is 0 Å². The SMILES string of the molecule is COc1ccc(NC(=O)C2=C(C)Nc3nc(SCc4ccc(C)cc4C)nn3[C@@H]2c2ccc(C)cc2)cc1. The molecule has 1 aliphatic heterocycles. The van der Waals surface area contributed by atoms with Gasteiger partial charge in [-0.1, -0.05) is 65.4 Å². The number of fused-ring (bicyclic) bond motifs is 1. The fraction of sp³-hybridized carbons (Fsp3) is 0.233. The number of anilines is 2. The number of nitrogens with zero attached hydrogens (tertiary/aromatic N) is 3. The van der Waals surface area contributed by atoms with Gasteiger partial charge in [-0.15, -0.1) is 5.10 Å². The van der Waals surface area contributed by atoms with Gasteiger partial charge in [0.1, 0.15) is 11.8 Å². The van der Waals surface area contributed by atoms with Crippen molar-refractivity contribution in [3.63, 3.8) is 0 Å². The first kappa shape index (κ1) is 25.6. The summed E-state index contributed by atoms with van der Waals surface area (Å²) in [5, 5.41) is 11.9. The van der Waals surface area contributed by atoms with E-state index in [-0.39, 0.29) is 5.91 Å². The van der Waals surface area contributed by atoms with Gasteiger partial charge in [-0.3, -0.25) is 4.79 Å². The summed E-state index contributed by atoms with van der Waals surface area (Å²) in [6, 6.07) is 21.6. The summed E-state index contributed by atoms with van der Waals surface area (Å²) in [5.41, 5.74) is 7.90. The molecule has 1 aliphatic rings. The van der Waals surface area contributed by atoms with Gasteiger partial charge in [0.15, 0.2) is 0 Å². The number of allylic oxidation sites excluding steroid dienone is 1. The summed E-state index contributed by atoms with van der Waals surface area (Å²) in [7, 11) is 1.62. The Kier molecular flexibility index (Phi) is 7.24. The Labute approximate surface area is 227 Å².